The van der Waals surface area contributed by atoms with Crippen molar-refractivity contribution in [3.8, 4) is 17.1 Å². The molecular weight excluding hydrogens is 288 g/mol. The van der Waals surface area contributed by atoms with Crippen molar-refractivity contribution in [1.29, 1.82) is 0 Å². The van der Waals surface area contributed by atoms with Gasteiger partial charge in [0.05, 0.1) is 11.4 Å². The highest BCUT2D eigenvalue weighted by atomic mass is 16.2. The number of carbonyl (C=O) groups is 1. The van der Waals surface area contributed by atoms with Crippen molar-refractivity contribution in [1.82, 2.24) is 19.7 Å². The fourth-order valence-corrected chi connectivity index (χ4v) is 2.49. The van der Waals surface area contributed by atoms with E-state index >= 15 is 0 Å². The molecule has 0 aliphatic carbocycles. The molecule has 1 N–H and O–H groups in total. The minimum Gasteiger partial charge on any atom is -0.351 e. The van der Waals surface area contributed by atoms with Crippen LogP contribution in [0.15, 0.2) is 54.7 Å². The van der Waals surface area contributed by atoms with Gasteiger partial charge < -0.3 is 9.88 Å². The van der Waals surface area contributed by atoms with E-state index in [-0.39, 0.29) is 5.91 Å². The molecule has 1 aromatic carbocycles. The second-order valence-electron chi connectivity index (χ2n) is 5.42. The zero-order chi connectivity index (χ0) is 16.2. The summed E-state index contributed by atoms with van der Waals surface area (Å²) in [4.78, 5) is 12.5. The highest BCUT2D eigenvalue weighted by molar-refractivity contribution is 5.94. The number of aromatic nitrogens is 3. The van der Waals surface area contributed by atoms with Crippen molar-refractivity contribution in [3.63, 3.8) is 0 Å². The molecule has 3 rings (SSSR count). The Morgan fingerprint density at radius 1 is 1.17 bits per heavy atom. The quantitative estimate of drug-likeness (QED) is 0.787. The topological polar surface area (TPSA) is 51.9 Å². The highest BCUT2D eigenvalue weighted by Crippen LogP contribution is 2.21. The van der Waals surface area contributed by atoms with Gasteiger partial charge in [-0.1, -0.05) is 25.1 Å². The van der Waals surface area contributed by atoms with Gasteiger partial charge in [0.1, 0.15) is 11.4 Å². The molecule has 0 aliphatic heterocycles. The predicted octanol–water partition coefficient (Wildman–Crippen LogP) is 3.02. The molecule has 0 saturated carbocycles. The lowest BCUT2D eigenvalue weighted by molar-refractivity contribution is 0.0946. The molecule has 0 saturated heterocycles. The van der Waals surface area contributed by atoms with E-state index in [0.717, 1.165) is 23.5 Å². The van der Waals surface area contributed by atoms with Crippen LogP contribution in [0.2, 0.25) is 0 Å². The van der Waals surface area contributed by atoms with E-state index in [1.54, 1.807) is 4.68 Å². The molecule has 2 heterocycles. The lowest BCUT2D eigenvalue weighted by Crippen LogP contribution is -2.26. The van der Waals surface area contributed by atoms with E-state index in [4.69, 9.17) is 0 Å². The van der Waals surface area contributed by atoms with E-state index < -0.39 is 0 Å². The van der Waals surface area contributed by atoms with Crippen LogP contribution in [-0.2, 0) is 7.05 Å². The maximum Gasteiger partial charge on any atom is 0.270 e. The molecule has 5 nitrogen and oxygen atoms in total. The van der Waals surface area contributed by atoms with E-state index in [9.17, 15) is 4.79 Å². The Morgan fingerprint density at radius 3 is 2.61 bits per heavy atom. The zero-order valence-electron chi connectivity index (χ0n) is 13.4. The molecule has 5 heteroatoms. The van der Waals surface area contributed by atoms with Gasteiger partial charge in [-0.05, 0) is 36.8 Å². The Morgan fingerprint density at radius 2 is 1.96 bits per heavy atom. The van der Waals surface area contributed by atoms with E-state index in [1.165, 1.54) is 0 Å². The van der Waals surface area contributed by atoms with Crippen molar-refractivity contribution < 1.29 is 4.79 Å². The average Bonchev–Trinajstić information content (AvgIpc) is 3.19. The molecule has 0 atom stereocenters. The molecular formula is C18H20N4O. The number of nitrogens with zero attached hydrogens (tertiary/aromatic N) is 3. The Labute approximate surface area is 135 Å². The summed E-state index contributed by atoms with van der Waals surface area (Å²) in [6.07, 6.45) is 2.86. The minimum absolute atomic E-state index is 0.108. The van der Waals surface area contributed by atoms with Crippen LogP contribution in [0.1, 0.15) is 23.8 Å². The third-order valence-electron chi connectivity index (χ3n) is 3.68. The SMILES string of the molecule is CCCNC(=O)c1cc(-c2cccn2C)nn1-c1ccccc1. The van der Waals surface area contributed by atoms with Crippen LogP contribution >= 0.6 is 0 Å². The Hall–Kier alpha value is -2.82. The minimum atomic E-state index is -0.108. The molecule has 0 unspecified atom stereocenters. The molecule has 0 aliphatic rings. The average molecular weight is 308 g/mol. The number of amides is 1. The molecule has 3 aromatic rings. The van der Waals surface area contributed by atoms with Gasteiger partial charge >= 0.3 is 0 Å². The fourth-order valence-electron chi connectivity index (χ4n) is 2.49. The normalized spacial score (nSPS) is 10.7. The first-order chi connectivity index (χ1) is 11.2. The summed E-state index contributed by atoms with van der Waals surface area (Å²) in [7, 11) is 1.97. The zero-order valence-corrected chi connectivity index (χ0v) is 13.4. The standard InChI is InChI=1S/C18H20N4O/c1-3-11-19-18(23)17-13-15(16-10-7-12-21(16)2)20-22(17)14-8-5-4-6-9-14/h4-10,12-13H,3,11H2,1-2H3,(H,19,23). The number of benzene rings is 1. The summed E-state index contributed by atoms with van der Waals surface area (Å²) in [6.45, 7) is 2.68. The van der Waals surface area contributed by atoms with Crippen molar-refractivity contribution in [2.45, 2.75) is 13.3 Å². The van der Waals surface area contributed by atoms with Crippen molar-refractivity contribution >= 4 is 5.91 Å². The van der Waals surface area contributed by atoms with Gasteiger partial charge in [-0.25, -0.2) is 4.68 Å². The molecule has 0 bridgehead atoms. The van der Waals surface area contributed by atoms with E-state index in [1.807, 2.05) is 73.3 Å². The van der Waals surface area contributed by atoms with Crippen LogP contribution in [0.25, 0.3) is 17.1 Å². The van der Waals surface area contributed by atoms with Crippen LogP contribution in [0.5, 0.6) is 0 Å². The summed E-state index contributed by atoms with van der Waals surface area (Å²) in [5.41, 5.74) is 3.17. The van der Waals surface area contributed by atoms with Crippen LogP contribution in [0.3, 0.4) is 0 Å². The Balaban J connectivity index is 2.07. The largest absolute Gasteiger partial charge is 0.351 e. The first kappa shape index (κ1) is 15.1. The first-order valence-electron chi connectivity index (χ1n) is 7.76. The van der Waals surface area contributed by atoms with E-state index in [2.05, 4.69) is 10.4 Å². The monoisotopic (exact) mass is 308 g/mol. The van der Waals surface area contributed by atoms with Crippen molar-refractivity contribution in [2.75, 3.05) is 6.54 Å². The third-order valence-corrected chi connectivity index (χ3v) is 3.68. The molecule has 2 aromatic heterocycles. The smallest absolute Gasteiger partial charge is 0.270 e. The summed E-state index contributed by atoms with van der Waals surface area (Å²) in [6, 6.07) is 15.5. The number of nitrogens with one attached hydrogen (secondary N) is 1. The number of rotatable bonds is 5. The molecule has 0 spiro atoms. The highest BCUT2D eigenvalue weighted by Gasteiger charge is 2.18. The van der Waals surface area contributed by atoms with Crippen LogP contribution in [0, 0.1) is 0 Å². The van der Waals surface area contributed by atoms with Gasteiger partial charge in [-0.2, -0.15) is 5.10 Å². The Kier molecular flexibility index (Phi) is 4.28. The van der Waals surface area contributed by atoms with Crippen LogP contribution in [0.4, 0.5) is 0 Å². The summed E-state index contributed by atoms with van der Waals surface area (Å²) in [5, 5.41) is 7.57. The second-order valence-corrected chi connectivity index (χ2v) is 5.42. The van der Waals surface area contributed by atoms with Crippen molar-refractivity contribution in [2.24, 2.45) is 7.05 Å². The number of para-hydroxylation sites is 1. The second kappa shape index (κ2) is 6.52. The third kappa shape index (κ3) is 3.04. The molecule has 23 heavy (non-hydrogen) atoms. The summed E-state index contributed by atoms with van der Waals surface area (Å²) in [5.74, 6) is -0.108. The number of hydrogen-bond donors (Lipinski definition) is 1. The lowest BCUT2D eigenvalue weighted by atomic mass is 10.2. The Bertz CT molecular complexity index is 802. The number of aryl methyl sites for hydroxylation is 1. The molecule has 0 fully saturated rings. The van der Waals surface area contributed by atoms with Gasteiger partial charge in [-0.3, -0.25) is 4.79 Å². The molecule has 1 amide bonds. The first-order valence-corrected chi connectivity index (χ1v) is 7.76. The number of carbonyl (C=O) groups excluding carboxylic acids is 1. The maximum absolute atomic E-state index is 12.5. The molecule has 0 radical (unpaired) electrons. The summed E-state index contributed by atoms with van der Waals surface area (Å²) >= 11 is 0. The number of hydrogen-bond acceptors (Lipinski definition) is 2. The summed E-state index contributed by atoms with van der Waals surface area (Å²) < 4.78 is 3.69. The lowest BCUT2D eigenvalue weighted by Gasteiger charge is -2.07. The van der Waals surface area contributed by atoms with Crippen LogP contribution in [-0.4, -0.2) is 26.8 Å². The van der Waals surface area contributed by atoms with E-state index in [0.29, 0.717) is 12.2 Å². The molecule has 118 valence electrons. The maximum atomic E-state index is 12.5. The van der Waals surface area contributed by atoms with Crippen LogP contribution < -0.4 is 5.32 Å². The van der Waals surface area contributed by atoms with Gasteiger partial charge in [0, 0.05) is 19.8 Å². The van der Waals surface area contributed by atoms with Gasteiger partial charge in [0.15, 0.2) is 0 Å². The van der Waals surface area contributed by atoms with Gasteiger partial charge in [0.25, 0.3) is 5.91 Å². The fraction of sp³-hybridized carbons (Fsp3) is 0.222. The van der Waals surface area contributed by atoms with Gasteiger partial charge in [0.2, 0.25) is 0 Å². The van der Waals surface area contributed by atoms with Gasteiger partial charge in [-0.15, -0.1) is 0 Å². The predicted molar refractivity (Wildman–Crippen MR) is 90.6 cm³/mol. The van der Waals surface area contributed by atoms with Crippen molar-refractivity contribution in [3.05, 3.63) is 60.4 Å².